The first-order valence-electron chi connectivity index (χ1n) is 5.79. The molecule has 1 aromatic carbocycles. The Hall–Kier alpha value is -1.08. The zero-order valence-electron chi connectivity index (χ0n) is 11.0. The van der Waals surface area contributed by atoms with Crippen LogP contribution in [0.5, 0.6) is 5.75 Å². The number of anilines is 1. The standard InChI is InChI=1S/C13H14Br2FNO3/c1-3-20-10(18)5-4-6-17-12-9(16)7-8(14)13(19-2)11(12)15/h4-5,7,17H,3,6H2,1-2H3. The predicted octanol–water partition coefficient (Wildman–Crippen LogP) is 3.89. The zero-order chi connectivity index (χ0) is 15.1. The fourth-order valence-electron chi connectivity index (χ4n) is 1.43. The molecule has 0 aliphatic carbocycles. The van der Waals surface area contributed by atoms with Crippen molar-refractivity contribution in [1.82, 2.24) is 0 Å². The number of carbonyl (C=O) groups is 1. The van der Waals surface area contributed by atoms with Crippen LogP contribution in [0.2, 0.25) is 0 Å². The first kappa shape index (κ1) is 17.0. The summed E-state index contributed by atoms with van der Waals surface area (Å²) in [6.07, 6.45) is 2.84. The van der Waals surface area contributed by atoms with Gasteiger partial charge in [-0.25, -0.2) is 9.18 Å². The quantitative estimate of drug-likeness (QED) is 0.570. The van der Waals surface area contributed by atoms with Gasteiger partial charge in [0.25, 0.3) is 0 Å². The van der Waals surface area contributed by atoms with Gasteiger partial charge in [-0.1, -0.05) is 6.08 Å². The number of hydrogen-bond acceptors (Lipinski definition) is 4. The molecule has 1 rings (SSSR count). The highest BCUT2D eigenvalue weighted by molar-refractivity contribution is 9.11. The van der Waals surface area contributed by atoms with Crippen LogP contribution in [0.25, 0.3) is 0 Å². The lowest BCUT2D eigenvalue weighted by atomic mass is 10.3. The van der Waals surface area contributed by atoms with Crippen LogP contribution in [-0.2, 0) is 9.53 Å². The van der Waals surface area contributed by atoms with Crippen molar-refractivity contribution < 1.29 is 18.7 Å². The molecule has 0 aliphatic heterocycles. The molecule has 0 aliphatic rings. The molecule has 0 bridgehead atoms. The van der Waals surface area contributed by atoms with Gasteiger partial charge in [0.1, 0.15) is 11.6 Å². The molecule has 20 heavy (non-hydrogen) atoms. The fraction of sp³-hybridized carbons (Fsp3) is 0.308. The van der Waals surface area contributed by atoms with Crippen LogP contribution < -0.4 is 10.1 Å². The summed E-state index contributed by atoms with van der Waals surface area (Å²) in [5.41, 5.74) is 0.263. The number of nitrogens with one attached hydrogen (secondary N) is 1. The molecule has 7 heteroatoms. The van der Waals surface area contributed by atoms with Gasteiger partial charge < -0.3 is 14.8 Å². The molecule has 0 atom stereocenters. The van der Waals surface area contributed by atoms with Crippen LogP contribution in [0.15, 0.2) is 27.2 Å². The molecule has 1 N–H and O–H groups in total. The molecule has 110 valence electrons. The summed E-state index contributed by atoms with van der Waals surface area (Å²) in [5, 5.41) is 2.86. The second-order valence-corrected chi connectivity index (χ2v) is 5.25. The second kappa shape index (κ2) is 8.26. The molecular weight excluding hydrogens is 397 g/mol. The zero-order valence-corrected chi connectivity index (χ0v) is 14.2. The van der Waals surface area contributed by atoms with Gasteiger partial charge in [0.05, 0.1) is 28.3 Å². The molecule has 0 heterocycles. The summed E-state index contributed by atoms with van der Waals surface area (Å²) >= 11 is 6.49. The number of esters is 1. The van der Waals surface area contributed by atoms with E-state index in [1.807, 2.05) is 0 Å². The van der Waals surface area contributed by atoms with Crippen LogP contribution >= 0.6 is 31.9 Å². The summed E-state index contributed by atoms with van der Waals surface area (Å²) < 4.78 is 24.7. The van der Waals surface area contributed by atoms with Gasteiger partial charge in [0, 0.05) is 12.6 Å². The Labute approximate surface area is 133 Å². The van der Waals surface area contributed by atoms with Gasteiger partial charge >= 0.3 is 5.97 Å². The van der Waals surface area contributed by atoms with E-state index in [9.17, 15) is 9.18 Å². The molecule has 1 aromatic rings. The molecule has 0 unspecified atom stereocenters. The van der Waals surface area contributed by atoms with E-state index in [1.54, 1.807) is 13.0 Å². The Morgan fingerprint density at radius 1 is 1.50 bits per heavy atom. The van der Waals surface area contributed by atoms with Gasteiger partial charge in [-0.15, -0.1) is 0 Å². The Morgan fingerprint density at radius 3 is 2.80 bits per heavy atom. The van der Waals surface area contributed by atoms with Gasteiger partial charge in [-0.3, -0.25) is 0 Å². The SMILES string of the molecule is CCOC(=O)C=CCNc1c(F)cc(Br)c(OC)c1Br. The van der Waals surface area contributed by atoms with Crippen LogP contribution in [-0.4, -0.2) is 26.2 Å². The number of rotatable bonds is 6. The van der Waals surface area contributed by atoms with Crippen LogP contribution in [0.1, 0.15) is 6.92 Å². The Kier molecular flexibility index (Phi) is 7.01. The predicted molar refractivity (Wildman–Crippen MR) is 82.6 cm³/mol. The van der Waals surface area contributed by atoms with E-state index in [1.165, 1.54) is 19.3 Å². The van der Waals surface area contributed by atoms with Crippen molar-refractivity contribution in [2.24, 2.45) is 0 Å². The Morgan fingerprint density at radius 2 is 2.20 bits per heavy atom. The average Bonchev–Trinajstić information content (AvgIpc) is 2.38. The monoisotopic (exact) mass is 409 g/mol. The largest absolute Gasteiger partial charge is 0.494 e. The van der Waals surface area contributed by atoms with Crippen LogP contribution in [0, 0.1) is 5.82 Å². The molecule has 0 radical (unpaired) electrons. The first-order chi connectivity index (χ1) is 9.51. The number of methoxy groups -OCH3 is 1. The van der Waals surface area contributed by atoms with E-state index >= 15 is 0 Å². The minimum absolute atomic E-state index is 0.263. The maximum atomic E-state index is 13.8. The lowest BCUT2D eigenvalue weighted by Gasteiger charge is -2.13. The van der Waals surface area contributed by atoms with E-state index in [-0.39, 0.29) is 12.2 Å². The van der Waals surface area contributed by atoms with E-state index in [4.69, 9.17) is 9.47 Å². The van der Waals surface area contributed by atoms with E-state index in [0.29, 0.717) is 21.3 Å². The molecule has 0 fully saturated rings. The normalized spacial score (nSPS) is 10.7. The Bertz CT molecular complexity index is 521. The molecule has 0 aromatic heterocycles. The van der Waals surface area contributed by atoms with Gasteiger partial charge in [-0.2, -0.15) is 0 Å². The highest BCUT2D eigenvalue weighted by atomic mass is 79.9. The number of carbonyl (C=O) groups excluding carboxylic acids is 1. The van der Waals surface area contributed by atoms with Gasteiger partial charge in [0.2, 0.25) is 0 Å². The molecule has 0 spiro atoms. The number of benzene rings is 1. The van der Waals surface area contributed by atoms with E-state index in [0.717, 1.165) is 0 Å². The summed E-state index contributed by atoms with van der Waals surface area (Å²) in [4.78, 5) is 11.1. The van der Waals surface area contributed by atoms with Crippen molar-refractivity contribution in [2.45, 2.75) is 6.92 Å². The number of ether oxygens (including phenoxy) is 2. The van der Waals surface area contributed by atoms with E-state index < -0.39 is 11.8 Å². The summed E-state index contributed by atoms with van der Waals surface area (Å²) in [7, 11) is 1.49. The van der Waals surface area contributed by atoms with Gasteiger partial charge in [0.15, 0.2) is 0 Å². The molecule has 0 saturated heterocycles. The van der Waals surface area contributed by atoms with Crippen molar-refractivity contribution in [3.63, 3.8) is 0 Å². The third-order valence-corrected chi connectivity index (χ3v) is 3.62. The topological polar surface area (TPSA) is 47.6 Å². The maximum absolute atomic E-state index is 13.8. The third-order valence-electron chi connectivity index (χ3n) is 2.27. The minimum Gasteiger partial charge on any atom is -0.494 e. The smallest absolute Gasteiger partial charge is 0.330 e. The first-order valence-corrected chi connectivity index (χ1v) is 7.38. The fourth-order valence-corrected chi connectivity index (χ4v) is 2.96. The molecular formula is C13H14Br2FNO3. The Balaban J connectivity index is 2.76. The third kappa shape index (κ3) is 4.49. The van der Waals surface area contributed by atoms with Crippen molar-refractivity contribution >= 4 is 43.5 Å². The highest BCUT2D eigenvalue weighted by Gasteiger charge is 2.15. The lowest BCUT2D eigenvalue weighted by Crippen LogP contribution is -2.05. The highest BCUT2D eigenvalue weighted by Crippen LogP contribution is 2.40. The van der Waals surface area contributed by atoms with E-state index in [2.05, 4.69) is 37.2 Å². The van der Waals surface area contributed by atoms with Gasteiger partial charge in [-0.05, 0) is 44.8 Å². The summed E-state index contributed by atoms with van der Waals surface area (Å²) in [6.45, 7) is 2.32. The van der Waals surface area contributed by atoms with Crippen LogP contribution in [0.4, 0.5) is 10.1 Å². The number of halogens is 3. The molecule has 4 nitrogen and oxygen atoms in total. The van der Waals surface area contributed by atoms with Crippen LogP contribution in [0.3, 0.4) is 0 Å². The van der Waals surface area contributed by atoms with Crippen molar-refractivity contribution in [3.05, 3.63) is 33.0 Å². The van der Waals surface area contributed by atoms with Crippen molar-refractivity contribution in [2.75, 3.05) is 25.6 Å². The second-order valence-electron chi connectivity index (χ2n) is 3.60. The molecule has 0 saturated carbocycles. The summed E-state index contributed by atoms with van der Waals surface area (Å²) in [6, 6.07) is 1.31. The number of hydrogen-bond donors (Lipinski definition) is 1. The summed E-state index contributed by atoms with van der Waals surface area (Å²) in [5.74, 6) is -0.375. The average molecular weight is 411 g/mol. The minimum atomic E-state index is -0.436. The van der Waals surface area contributed by atoms with Crippen molar-refractivity contribution in [1.29, 1.82) is 0 Å². The lowest BCUT2D eigenvalue weighted by molar-refractivity contribution is -0.137. The molecule has 0 amide bonds. The maximum Gasteiger partial charge on any atom is 0.330 e. The van der Waals surface area contributed by atoms with Crippen molar-refractivity contribution in [3.8, 4) is 5.75 Å².